The lowest BCUT2D eigenvalue weighted by Crippen LogP contribution is -2.54. The van der Waals surface area contributed by atoms with Gasteiger partial charge in [0, 0.05) is 49.0 Å². The fourth-order valence-electron chi connectivity index (χ4n) is 6.62. The molecular weight excluding hydrogens is 538 g/mol. The topological polar surface area (TPSA) is 62.3 Å². The summed E-state index contributed by atoms with van der Waals surface area (Å²) in [4.78, 5) is 34.5. The van der Waals surface area contributed by atoms with Crippen molar-refractivity contribution in [2.75, 3.05) is 50.8 Å². The van der Waals surface area contributed by atoms with Crippen LogP contribution in [0.2, 0.25) is 5.02 Å². The molecule has 3 aromatic carbocycles. The number of carbonyl (C=O) groups excluding carboxylic acids is 2. The summed E-state index contributed by atoms with van der Waals surface area (Å²) in [5, 5.41) is 0.711. The highest BCUT2D eigenvalue weighted by molar-refractivity contribution is 6.30. The van der Waals surface area contributed by atoms with Gasteiger partial charge >= 0.3 is 0 Å². The number of carbonyl (C=O) groups is 2. The van der Waals surface area contributed by atoms with Crippen molar-refractivity contribution >= 4 is 29.1 Å². The molecule has 6 rings (SSSR count). The van der Waals surface area contributed by atoms with E-state index in [2.05, 4.69) is 11.8 Å². The second kappa shape index (κ2) is 11.3. The zero-order valence-electron chi connectivity index (χ0n) is 23.9. The van der Waals surface area contributed by atoms with E-state index >= 15 is 0 Å². The van der Waals surface area contributed by atoms with E-state index in [4.69, 9.17) is 21.1 Å². The number of ether oxygens (including phenoxy) is 2. The molecule has 0 spiro atoms. The molecule has 0 N–H and O–H groups in total. The first kappa shape index (κ1) is 27.5. The smallest absolute Gasteiger partial charge is 0.254 e. The summed E-state index contributed by atoms with van der Waals surface area (Å²) in [6.45, 7) is 10.2. The molecular formula is C33H36ClN3O4. The summed E-state index contributed by atoms with van der Waals surface area (Å²) in [6.07, 6.45) is 0.699. The number of amides is 2. The van der Waals surface area contributed by atoms with Crippen LogP contribution in [0.5, 0.6) is 11.5 Å². The van der Waals surface area contributed by atoms with Gasteiger partial charge in [0.15, 0.2) is 11.5 Å². The fourth-order valence-corrected chi connectivity index (χ4v) is 6.79. The molecule has 0 unspecified atom stereocenters. The number of hydrogen-bond donors (Lipinski definition) is 0. The summed E-state index contributed by atoms with van der Waals surface area (Å²) < 4.78 is 11.9. The van der Waals surface area contributed by atoms with Gasteiger partial charge in [-0.25, -0.2) is 0 Å². The Morgan fingerprint density at radius 1 is 0.902 bits per heavy atom. The van der Waals surface area contributed by atoms with Gasteiger partial charge in [0.2, 0.25) is 5.91 Å². The SMILES string of the molecule is CCOc1cc2c(cc1OCC)[C@@H]1[C@H](C(=O)N3CCN(c4cc(Cl)ccc4C)CC3)c3ccccc3C(=O)N1CC2. The van der Waals surface area contributed by atoms with E-state index in [-0.39, 0.29) is 11.8 Å². The molecule has 0 bridgehead atoms. The third-order valence-corrected chi connectivity index (χ3v) is 8.79. The van der Waals surface area contributed by atoms with Gasteiger partial charge in [0.25, 0.3) is 5.91 Å². The van der Waals surface area contributed by atoms with Gasteiger partial charge in [0.05, 0.1) is 25.2 Å². The molecule has 0 saturated carbocycles. The number of rotatable bonds is 6. The number of halogens is 1. The van der Waals surface area contributed by atoms with Crippen molar-refractivity contribution in [3.05, 3.63) is 87.4 Å². The normalized spacial score (nSPS) is 19.8. The molecule has 2 atom stereocenters. The Balaban J connectivity index is 1.36. The summed E-state index contributed by atoms with van der Waals surface area (Å²) in [5.74, 6) is 0.891. The van der Waals surface area contributed by atoms with Crippen LogP contribution < -0.4 is 14.4 Å². The number of aryl methyl sites for hydroxylation is 1. The maximum Gasteiger partial charge on any atom is 0.254 e. The Labute approximate surface area is 246 Å². The molecule has 3 aliphatic rings. The summed E-state index contributed by atoms with van der Waals surface area (Å²) in [6, 6.07) is 17.2. The second-order valence-electron chi connectivity index (χ2n) is 10.9. The third-order valence-electron chi connectivity index (χ3n) is 8.55. The molecule has 3 aliphatic heterocycles. The highest BCUT2D eigenvalue weighted by Crippen LogP contribution is 2.49. The van der Waals surface area contributed by atoms with E-state index in [1.807, 2.05) is 78.2 Å². The highest BCUT2D eigenvalue weighted by Gasteiger charge is 2.48. The van der Waals surface area contributed by atoms with Crippen molar-refractivity contribution in [1.82, 2.24) is 9.80 Å². The number of anilines is 1. The zero-order chi connectivity index (χ0) is 28.7. The van der Waals surface area contributed by atoms with Crippen LogP contribution in [0.1, 0.15) is 58.4 Å². The molecule has 0 aromatic heterocycles. The van der Waals surface area contributed by atoms with Crippen LogP contribution in [-0.2, 0) is 11.2 Å². The first-order valence-electron chi connectivity index (χ1n) is 14.5. The number of fused-ring (bicyclic) bond motifs is 4. The Bertz CT molecular complexity index is 1480. The number of benzene rings is 3. The molecule has 0 aliphatic carbocycles. The molecule has 41 heavy (non-hydrogen) atoms. The molecule has 1 fully saturated rings. The molecule has 8 heteroatoms. The maximum atomic E-state index is 14.5. The lowest BCUT2D eigenvalue weighted by atomic mass is 9.75. The highest BCUT2D eigenvalue weighted by atomic mass is 35.5. The standard InChI is InChI=1S/C33H36ClN3O4/c1-4-40-28-18-22-12-13-37-31(26(22)20-29(28)41-5-2)30(24-8-6-7-9-25(24)32(37)38)33(39)36-16-14-35(15-17-36)27-19-23(34)11-10-21(27)3/h6-11,18-20,30-31H,4-5,12-17H2,1-3H3/t30-,31-/m1/s1. The van der Waals surface area contributed by atoms with Gasteiger partial charge in [-0.3, -0.25) is 9.59 Å². The van der Waals surface area contributed by atoms with Gasteiger partial charge in [-0.2, -0.15) is 0 Å². The average Bonchev–Trinajstić information content (AvgIpc) is 2.99. The Hall–Kier alpha value is -3.71. The van der Waals surface area contributed by atoms with Crippen LogP contribution in [0.3, 0.4) is 0 Å². The van der Waals surface area contributed by atoms with Gasteiger partial charge < -0.3 is 24.2 Å². The van der Waals surface area contributed by atoms with Crippen LogP contribution in [0.15, 0.2) is 54.6 Å². The molecule has 1 saturated heterocycles. The minimum absolute atomic E-state index is 0.0200. The Morgan fingerprint density at radius 3 is 2.34 bits per heavy atom. The molecule has 3 aromatic rings. The monoisotopic (exact) mass is 573 g/mol. The molecule has 214 valence electrons. The van der Waals surface area contributed by atoms with E-state index in [9.17, 15) is 9.59 Å². The van der Waals surface area contributed by atoms with E-state index < -0.39 is 12.0 Å². The Morgan fingerprint density at radius 2 is 1.61 bits per heavy atom. The van der Waals surface area contributed by atoms with E-state index in [0.29, 0.717) is 61.4 Å². The first-order chi connectivity index (χ1) is 19.9. The van der Waals surface area contributed by atoms with Crippen molar-refractivity contribution in [1.29, 1.82) is 0 Å². The van der Waals surface area contributed by atoms with Gasteiger partial charge in [-0.15, -0.1) is 0 Å². The molecule has 7 nitrogen and oxygen atoms in total. The number of piperazine rings is 1. The average molecular weight is 574 g/mol. The lowest BCUT2D eigenvalue weighted by molar-refractivity contribution is -0.135. The van der Waals surface area contributed by atoms with E-state index in [1.165, 1.54) is 5.56 Å². The zero-order valence-corrected chi connectivity index (χ0v) is 24.6. The maximum absolute atomic E-state index is 14.5. The second-order valence-corrected chi connectivity index (χ2v) is 11.3. The fraction of sp³-hybridized carbons (Fsp3) is 0.394. The molecule has 3 heterocycles. The summed E-state index contributed by atoms with van der Waals surface area (Å²) in [5.41, 5.74) is 5.77. The van der Waals surface area contributed by atoms with Crippen molar-refractivity contribution in [2.45, 2.75) is 39.2 Å². The third kappa shape index (κ3) is 4.90. The van der Waals surface area contributed by atoms with Crippen LogP contribution >= 0.6 is 11.6 Å². The molecule has 2 amide bonds. The van der Waals surface area contributed by atoms with Crippen molar-refractivity contribution < 1.29 is 19.1 Å². The predicted octanol–water partition coefficient (Wildman–Crippen LogP) is 5.63. The minimum Gasteiger partial charge on any atom is -0.490 e. The van der Waals surface area contributed by atoms with Crippen molar-refractivity contribution in [2.24, 2.45) is 0 Å². The Kier molecular flexibility index (Phi) is 7.56. The van der Waals surface area contributed by atoms with Gasteiger partial charge in [-0.05, 0) is 79.8 Å². The van der Waals surface area contributed by atoms with Gasteiger partial charge in [0.1, 0.15) is 0 Å². The quantitative estimate of drug-likeness (QED) is 0.382. The van der Waals surface area contributed by atoms with E-state index in [0.717, 1.165) is 35.5 Å². The van der Waals surface area contributed by atoms with E-state index in [1.54, 1.807) is 0 Å². The van der Waals surface area contributed by atoms with Crippen LogP contribution in [-0.4, -0.2) is 67.6 Å². The lowest BCUT2D eigenvalue weighted by Gasteiger charge is -2.47. The number of nitrogens with zero attached hydrogens (tertiary/aromatic N) is 3. The molecule has 0 radical (unpaired) electrons. The minimum atomic E-state index is -0.505. The summed E-state index contributed by atoms with van der Waals surface area (Å²) in [7, 11) is 0. The predicted molar refractivity (Wildman–Crippen MR) is 160 cm³/mol. The largest absolute Gasteiger partial charge is 0.490 e. The van der Waals surface area contributed by atoms with Crippen molar-refractivity contribution in [3.63, 3.8) is 0 Å². The van der Waals surface area contributed by atoms with Crippen LogP contribution in [0.4, 0.5) is 5.69 Å². The van der Waals surface area contributed by atoms with Crippen molar-refractivity contribution in [3.8, 4) is 11.5 Å². The summed E-state index contributed by atoms with van der Waals surface area (Å²) >= 11 is 6.30. The van der Waals surface area contributed by atoms with Gasteiger partial charge in [-0.1, -0.05) is 35.9 Å². The number of hydrogen-bond acceptors (Lipinski definition) is 5. The van der Waals surface area contributed by atoms with Crippen LogP contribution in [0.25, 0.3) is 0 Å². The first-order valence-corrected chi connectivity index (χ1v) is 14.9. The van der Waals surface area contributed by atoms with Crippen LogP contribution in [0, 0.1) is 6.92 Å².